The van der Waals surface area contributed by atoms with Crippen LogP contribution in [0.2, 0.25) is 0 Å². The van der Waals surface area contributed by atoms with E-state index in [1.54, 1.807) is 0 Å². The van der Waals surface area contributed by atoms with Gasteiger partial charge < -0.3 is 9.64 Å². The number of carbonyl (C=O) groups excluding carboxylic acids is 2. The smallest absolute Gasteiger partial charge is 0.311 e. The molecule has 3 rings (SSSR count). The van der Waals surface area contributed by atoms with E-state index >= 15 is 0 Å². The molecule has 0 N–H and O–H groups in total. The summed E-state index contributed by atoms with van der Waals surface area (Å²) < 4.78 is 4.98. The van der Waals surface area contributed by atoms with E-state index in [0.29, 0.717) is 19.0 Å². The third-order valence-corrected chi connectivity index (χ3v) is 5.33. The summed E-state index contributed by atoms with van der Waals surface area (Å²) >= 11 is 0. The van der Waals surface area contributed by atoms with Crippen molar-refractivity contribution in [1.82, 2.24) is 4.90 Å². The molecular weight excluding hydrogens is 290 g/mol. The summed E-state index contributed by atoms with van der Waals surface area (Å²) in [7, 11) is 1.42. The molecule has 4 heteroatoms. The number of amides is 1. The largest absolute Gasteiger partial charge is 0.469 e. The fourth-order valence-corrected chi connectivity index (χ4v) is 4.17. The van der Waals surface area contributed by atoms with Crippen LogP contribution in [-0.2, 0) is 20.9 Å². The Balaban J connectivity index is 1.78. The van der Waals surface area contributed by atoms with Crippen molar-refractivity contribution in [1.29, 1.82) is 0 Å². The first-order valence-corrected chi connectivity index (χ1v) is 8.61. The summed E-state index contributed by atoms with van der Waals surface area (Å²) in [6, 6.07) is 9.97. The number of esters is 1. The first-order chi connectivity index (χ1) is 11.2. The minimum absolute atomic E-state index is 0.135. The number of ether oxygens (including phenoxy) is 1. The summed E-state index contributed by atoms with van der Waals surface area (Å²) in [5, 5.41) is 0. The Morgan fingerprint density at radius 3 is 2.52 bits per heavy atom. The van der Waals surface area contributed by atoms with Crippen molar-refractivity contribution in [3.63, 3.8) is 0 Å². The standard InChI is InChI=1S/C19H25NO3/c1-23-19(22)16-13-20(12-14-8-4-2-5-9-14)18(21)17(16)15-10-6-3-7-11-15/h2,4-5,8-9,15-17H,3,6-7,10-13H2,1H3. The second-order valence-electron chi connectivity index (χ2n) is 6.76. The van der Waals surface area contributed by atoms with Crippen molar-refractivity contribution in [3.05, 3.63) is 35.9 Å². The molecule has 0 radical (unpaired) electrons. The van der Waals surface area contributed by atoms with E-state index in [0.717, 1.165) is 18.4 Å². The van der Waals surface area contributed by atoms with Crippen LogP contribution in [0.3, 0.4) is 0 Å². The molecule has 0 bridgehead atoms. The maximum Gasteiger partial charge on any atom is 0.311 e. The Kier molecular flexibility index (Phi) is 4.99. The highest BCUT2D eigenvalue weighted by molar-refractivity contribution is 5.89. The number of rotatable bonds is 4. The van der Waals surface area contributed by atoms with Crippen molar-refractivity contribution >= 4 is 11.9 Å². The fourth-order valence-electron chi connectivity index (χ4n) is 4.17. The lowest BCUT2D eigenvalue weighted by atomic mass is 9.75. The van der Waals surface area contributed by atoms with E-state index in [1.165, 1.54) is 26.4 Å². The number of hydrogen-bond donors (Lipinski definition) is 0. The number of likely N-dealkylation sites (tertiary alicyclic amines) is 1. The second-order valence-corrected chi connectivity index (χ2v) is 6.76. The van der Waals surface area contributed by atoms with E-state index in [-0.39, 0.29) is 23.7 Å². The van der Waals surface area contributed by atoms with Crippen LogP contribution in [0.4, 0.5) is 0 Å². The molecule has 1 aliphatic heterocycles. The average molecular weight is 315 g/mol. The molecule has 1 aromatic rings. The number of carbonyl (C=O) groups is 2. The third-order valence-electron chi connectivity index (χ3n) is 5.33. The van der Waals surface area contributed by atoms with Gasteiger partial charge in [0.1, 0.15) is 0 Å². The predicted molar refractivity (Wildman–Crippen MR) is 87.4 cm³/mol. The van der Waals surface area contributed by atoms with Gasteiger partial charge in [0.25, 0.3) is 0 Å². The van der Waals surface area contributed by atoms with Crippen LogP contribution in [-0.4, -0.2) is 30.4 Å². The summed E-state index contributed by atoms with van der Waals surface area (Å²) in [5.74, 6) is -0.257. The highest BCUT2D eigenvalue weighted by Crippen LogP contribution is 2.40. The minimum atomic E-state index is -0.306. The van der Waals surface area contributed by atoms with Gasteiger partial charge in [-0.2, -0.15) is 0 Å². The Hall–Kier alpha value is -1.84. The lowest BCUT2D eigenvalue weighted by Gasteiger charge is -2.28. The zero-order chi connectivity index (χ0) is 16.2. The molecule has 2 aliphatic rings. The van der Waals surface area contributed by atoms with Crippen LogP contribution in [0.25, 0.3) is 0 Å². The molecule has 1 amide bonds. The Morgan fingerprint density at radius 2 is 1.87 bits per heavy atom. The molecule has 23 heavy (non-hydrogen) atoms. The van der Waals surface area contributed by atoms with E-state index < -0.39 is 0 Å². The fraction of sp³-hybridized carbons (Fsp3) is 0.579. The molecule has 2 fully saturated rings. The van der Waals surface area contributed by atoms with E-state index in [2.05, 4.69) is 0 Å². The van der Waals surface area contributed by atoms with E-state index in [9.17, 15) is 9.59 Å². The first kappa shape index (κ1) is 16.0. The quantitative estimate of drug-likeness (QED) is 0.802. The molecule has 0 spiro atoms. The molecule has 1 saturated heterocycles. The van der Waals surface area contributed by atoms with Crippen molar-refractivity contribution in [2.75, 3.05) is 13.7 Å². The Bertz CT molecular complexity index is 551. The maximum absolute atomic E-state index is 13.0. The second kappa shape index (κ2) is 7.16. The lowest BCUT2D eigenvalue weighted by Crippen LogP contribution is -2.33. The lowest BCUT2D eigenvalue weighted by molar-refractivity contribution is -0.148. The van der Waals surface area contributed by atoms with Gasteiger partial charge in [0.15, 0.2) is 0 Å². The Morgan fingerprint density at radius 1 is 1.17 bits per heavy atom. The van der Waals surface area contributed by atoms with Crippen molar-refractivity contribution in [2.24, 2.45) is 17.8 Å². The predicted octanol–water partition coefficient (Wildman–Crippen LogP) is 3.01. The Labute approximate surface area is 137 Å². The van der Waals surface area contributed by atoms with Gasteiger partial charge in [0, 0.05) is 13.1 Å². The molecule has 4 nitrogen and oxygen atoms in total. The molecule has 1 aromatic carbocycles. The van der Waals surface area contributed by atoms with Crippen molar-refractivity contribution < 1.29 is 14.3 Å². The van der Waals surface area contributed by atoms with Gasteiger partial charge in [-0.3, -0.25) is 9.59 Å². The number of nitrogens with zero attached hydrogens (tertiary/aromatic N) is 1. The highest BCUT2D eigenvalue weighted by atomic mass is 16.5. The van der Waals surface area contributed by atoms with Gasteiger partial charge >= 0.3 is 5.97 Å². The van der Waals surface area contributed by atoms with Gasteiger partial charge in [0.2, 0.25) is 5.91 Å². The molecule has 2 atom stereocenters. The van der Waals surface area contributed by atoms with Crippen LogP contribution >= 0.6 is 0 Å². The highest BCUT2D eigenvalue weighted by Gasteiger charge is 2.48. The van der Waals surface area contributed by atoms with Gasteiger partial charge in [0.05, 0.1) is 18.9 Å². The minimum Gasteiger partial charge on any atom is -0.469 e. The third kappa shape index (κ3) is 3.41. The molecule has 2 unspecified atom stereocenters. The van der Waals surface area contributed by atoms with E-state index in [1.807, 2.05) is 35.2 Å². The molecule has 1 aliphatic carbocycles. The van der Waals surface area contributed by atoms with Gasteiger partial charge in [-0.1, -0.05) is 49.6 Å². The zero-order valence-electron chi connectivity index (χ0n) is 13.7. The van der Waals surface area contributed by atoms with Crippen molar-refractivity contribution in [2.45, 2.75) is 38.6 Å². The van der Waals surface area contributed by atoms with Gasteiger partial charge in [-0.05, 0) is 24.3 Å². The number of hydrogen-bond acceptors (Lipinski definition) is 3. The summed E-state index contributed by atoms with van der Waals surface area (Å²) in [4.78, 5) is 27.0. The molecular formula is C19H25NO3. The SMILES string of the molecule is COC(=O)C1CN(Cc2ccccc2)C(=O)C1C1CCCCC1. The summed E-state index contributed by atoms with van der Waals surface area (Å²) in [6.45, 7) is 1.07. The van der Waals surface area contributed by atoms with Gasteiger partial charge in [-0.15, -0.1) is 0 Å². The normalized spacial score (nSPS) is 25.6. The van der Waals surface area contributed by atoms with Crippen LogP contribution < -0.4 is 0 Å². The summed E-state index contributed by atoms with van der Waals surface area (Å²) in [5.41, 5.74) is 1.11. The van der Waals surface area contributed by atoms with Crippen molar-refractivity contribution in [3.8, 4) is 0 Å². The molecule has 124 valence electrons. The first-order valence-electron chi connectivity index (χ1n) is 8.61. The summed E-state index contributed by atoms with van der Waals surface area (Å²) in [6.07, 6.45) is 5.70. The monoisotopic (exact) mass is 315 g/mol. The van der Waals surface area contributed by atoms with Gasteiger partial charge in [-0.25, -0.2) is 0 Å². The van der Waals surface area contributed by atoms with Crippen LogP contribution in [0.5, 0.6) is 0 Å². The average Bonchev–Trinajstić information content (AvgIpc) is 2.92. The maximum atomic E-state index is 13.0. The molecule has 1 heterocycles. The van der Waals surface area contributed by atoms with Crippen LogP contribution in [0.1, 0.15) is 37.7 Å². The number of benzene rings is 1. The van der Waals surface area contributed by atoms with Crippen LogP contribution in [0, 0.1) is 17.8 Å². The zero-order valence-corrected chi connectivity index (χ0v) is 13.7. The molecule has 1 saturated carbocycles. The molecule has 0 aromatic heterocycles. The number of methoxy groups -OCH3 is 1. The van der Waals surface area contributed by atoms with Crippen LogP contribution in [0.15, 0.2) is 30.3 Å². The van der Waals surface area contributed by atoms with E-state index in [4.69, 9.17) is 4.74 Å². The topological polar surface area (TPSA) is 46.6 Å².